The summed E-state index contributed by atoms with van der Waals surface area (Å²) in [6.45, 7) is 0. The number of benzene rings is 7. The molecule has 0 aliphatic heterocycles. The number of pyridine rings is 2. The molecule has 9 aromatic rings. The second kappa shape index (κ2) is 26.4. The maximum Gasteiger partial charge on any atom is 3.00 e. The molecule has 67 heavy (non-hydrogen) atoms. The Bertz CT molecular complexity index is 2660. The molecule has 0 unspecified atom stereocenters. The van der Waals surface area contributed by atoms with Crippen molar-refractivity contribution >= 4 is 62.2 Å². The minimum absolute atomic E-state index is 0. The monoisotopic (exact) mass is 1020 g/mol. The number of anilines is 1. The van der Waals surface area contributed by atoms with E-state index in [1.165, 1.54) is 0 Å². The summed E-state index contributed by atoms with van der Waals surface area (Å²) in [5, 5.41) is 1.99. The van der Waals surface area contributed by atoms with Gasteiger partial charge in [0, 0.05) is 28.9 Å². The van der Waals surface area contributed by atoms with Gasteiger partial charge in [-0.1, -0.05) is 168 Å². The fourth-order valence-corrected chi connectivity index (χ4v) is 6.28. The van der Waals surface area contributed by atoms with E-state index >= 15 is 0 Å². The first-order chi connectivity index (χ1) is 32.2. The van der Waals surface area contributed by atoms with Gasteiger partial charge in [-0.3, -0.25) is 9.97 Å². The first-order valence-corrected chi connectivity index (χ1v) is 20.7. The number of rotatable bonds is 12. The molecule has 2 N–H and O–H groups in total. The van der Waals surface area contributed by atoms with Crippen LogP contribution in [0.2, 0.25) is 0 Å². The standard InChI is InChI=1S/3C15H11O2.C12H9N3.Eu/c3*16-14(12-7-3-1-4-8-12)11-15(17)13-9-5-2-6-10-13;13-10-7-8-3-1-5-14-11(8)12-9(10)4-2-6-15-12;/h3*1-11H;1-7H,13H2;/q3*-1;;+3. The predicted molar refractivity (Wildman–Crippen MR) is 259 cm³/mol. The van der Waals surface area contributed by atoms with E-state index in [2.05, 4.69) is 9.97 Å². The van der Waals surface area contributed by atoms with Crippen LogP contribution in [0.5, 0.6) is 0 Å². The van der Waals surface area contributed by atoms with Crippen molar-refractivity contribution in [2.24, 2.45) is 0 Å². The number of carbonyl (C=O) groups is 6. The molecule has 0 radical (unpaired) electrons. The van der Waals surface area contributed by atoms with Crippen LogP contribution >= 0.6 is 0 Å². The van der Waals surface area contributed by atoms with Gasteiger partial charge in [0.2, 0.25) is 0 Å². The number of Topliss-reactive ketones (excluding diaryl/α,β-unsaturated/α-hetero) is 6. The van der Waals surface area contributed by atoms with Crippen molar-refractivity contribution in [3.05, 3.63) is 277 Å². The number of nitrogen functional groups attached to an aromatic ring is 1. The second-order valence-electron chi connectivity index (χ2n) is 14.3. The van der Waals surface area contributed by atoms with Crippen LogP contribution in [0.4, 0.5) is 5.69 Å². The zero-order valence-corrected chi connectivity index (χ0v) is 38.3. The maximum atomic E-state index is 11.8. The van der Waals surface area contributed by atoms with Crippen molar-refractivity contribution in [3.63, 3.8) is 0 Å². The van der Waals surface area contributed by atoms with E-state index in [9.17, 15) is 28.8 Å². The van der Waals surface area contributed by atoms with Gasteiger partial charge in [-0.15, -0.1) is 72.8 Å². The van der Waals surface area contributed by atoms with Crippen LogP contribution < -0.4 is 5.73 Å². The van der Waals surface area contributed by atoms with Gasteiger partial charge in [0.15, 0.2) is 0 Å². The van der Waals surface area contributed by atoms with E-state index < -0.39 is 0 Å². The van der Waals surface area contributed by atoms with E-state index in [4.69, 9.17) is 5.73 Å². The van der Waals surface area contributed by atoms with Gasteiger partial charge >= 0.3 is 49.4 Å². The Morgan fingerprint density at radius 1 is 0.328 bits per heavy atom. The van der Waals surface area contributed by atoms with Crippen LogP contribution in [0.25, 0.3) is 21.8 Å². The van der Waals surface area contributed by atoms with Crippen LogP contribution in [0.1, 0.15) is 62.1 Å². The zero-order chi connectivity index (χ0) is 46.5. The number of hydrogen-bond acceptors (Lipinski definition) is 9. The normalized spacial score (nSPS) is 9.79. The molecule has 7 aromatic carbocycles. The van der Waals surface area contributed by atoms with E-state index in [0.717, 1.165) is 46.8 Å². The Morgan fingerprint density at radius 2 is 0.582 bits per heavy atom. The van der Waals surface area contributed by atoms with Crippen LogP contribution in [-0.4, -0.2) is 44.7 Å². The first kappa shape index (κ1) is 50.4. The summed E-state index contributed by atoms with van der Waals surface area (Å²) in [6, 6.07) is 62.2. The fourth-order valence-electron chi connectivity index (χ4n) is 6.28. The molecule has 2 aromatic heterocycles. The molecule has 0 bridgehead atoms. The average molecular weight is 1020 g/mol. The van der Waals surface area contributed by atoms with Crippen molar-refractivity contribution in [1.82, 2.24) is 9.97 Å². The van der Waals surface area contributed by atoms with Gasteiger partial charge in [-0.25, -0.2) is 0 Å². The molecular weight excluding hydrogens is 975 g/mol. The molecule has 9 rings (SSSR count). The van der Waals surface area contributed by atoms with E-state index in [0.29, 0.717) is 33.4 Å². The van der Waals surface area contributed by atoms with Crippen molar-refractivity contribution in [1.29, 1.82) is 0 Å². The SMILES string of the molecule is Nc1cc2cccnc2c2ncccc12.O=C([CH-]C(=O)c1ccccc1)c1ccccc1.O=C([CH-]C(=O)c1ccccc1)c1ccccc1.O=C([CH-]C(=O)c1ccccc1)c1ccccc1.[Eu+3]. The molecule has 0 fully saturated rings. The third-order valence-electron chi connectivity index (χ3n) is 9.63. The average Bonchev–Trinajstić information content (AvgIpc) is 3.38. The van der Waals surface area contributed by atoms with Gasteiger partial charge in [0.25, 0.3) is 0 Å². The minimum Gasteiger partial charge on any atom is -0.398 e. The Hall–Kier alpha value is -7.63. The fraction of sp³-hybridized carbons (Fsp3) is 0. The molecule has 0 saturated heterocycles. The number of nitrogens with two attached hydrogens (primary N) is 1. The smallest absolute Gasteiger partial charge is 0.398 e. The summed E-state index contributed by atoms with van der Waals surface area (Å²) >= 11 is 0. The maximum absolute atomic E-state index is 11.8. The van der Waals surface area contributed by atoms with E-state index in [1.807, 2.05) is 66.7 Å². The molecule has 2 heterocycles. The topological polar surface area (TPSA) is 154 Å². The Morgan fingerprint density at radius 3 is 0.866 bits per heavy atom. The van der Waals surface area contributed by atoms with Crippen molar-refractivity contribution < 1.29 is 78.1 Å². The summed E-state index contributed by atoms with van der Waals surface area (Å²) < 4.78 is 0. The Kier molecular flexibility index (Phi) is 19.8. The van der Waals surface area contributed by atoms with E-state index in [1.54, 1.807) is 158 Å². The quantitative estimate of drug-likeness (QED) is 0.0414. The summed E-state index contributed by atoms with van der Waals surface area (Å²) in [4.78, 5) is 79.2. The minimum atomic E-state index is -0.264. The van der Waals surface area contributed by atoms with Crippen molar-refractivity contribution in [2.75, 3.05) is 5.73 Å². The van der Waals surface area contributed by atoms with Crippen molar-refractivity contribution in [2.45, 2.75) is 0 Å². The van der Waals surface area contributed by atoms with Gasteiger partial charge in [0.05, 0.1) is 45.7 Å². The number of aromatic nitrogens is 2. The number of nitrogens with zero attached hydrogens (tertiary/aromatic N) is 2. The zero-order valence-electron chi connectivity index (χ0n) is 35.9. The summed E-state index contributed by atoms with van der Waals surface area (Å²) in [6.07, 6.45) is 6.92. The number of fused-ring (bicyclic) bond motifs is 3. The molecule has 0 amide bonds. The summed E-state index contributed by atoms with van der Waals surface area (Å²) in [5.74, 6) is -1.59. The Balaban J connectivity index is 0.000000166. The van der Waals surface area contributed by atoms with Gasteiger partial charge in [-0.2, -0.15) is 0 Å². The summed E-state index contributed by atoms with van der Waals surface area (Å²) in [7, 11) is 0. The largest absolute Gasteiger partial charge is 3.00 e. The van der Waals surface area contributed by atoms with Crippen LogP contribution in [0, 0.1) is 68.6 Å². The molecule has 0 aliphatic rings. The van der Waals surface area contributed by atoms with Gasteiger partial charge in [-0.05, 0) is 24.3 Å². The predicted octanol–water partition coefficient (Wildman–Crippen LogP) is 11.2. The molecule has 328 valence electrons. The number of carbonyl (C=O) groups excluding carboxylic acids is 6. The molecule has 9 nitrogen and oxygen atoms in total. The van der Waals surface area contributed by atoms with E-state index in [-0.39, 0.29) is 84.1 Å². The molecular formula is C57H42EuN3O6. The van der Waals surface area contributed by atoms with Crippen LogP contribution in [-0.2, 0) is 0 Å². The molecule has 0 saturated carbocycles. The number of hydrogen-bond donors (Lipinski definition) is 1. The van der Waals surface area contributed by atoms with Gasteiger partial charge < -0.3 is 34.5 Å². The number of ketones is 6. The van der Waals surface area contributed by atoms with Crippen LogP contribution in [0.15, 0.2) is 225 Å². The van der Waals surface area contributed by atoms with Crippen molar-refractivity contribution in [3.8, 4) is 0 Å². The van der Waals surface area contributed by atoms with Gasteiger partial charge in [0.1, 0.15) is 0 Å². The Labute approximate surface area is 429 Å². The summed E-state index contributed by atoms with van der Waals surface area (Å²) in [5.41, 5.74) is 11.6. The third-order valence-corrected chi connectivity index (χ3v) is 9.63. The molecule has 0 spiro atoms. The van der Waals surface area contributed by atoms with Crippen LogP contribution in [0.3, 0.4) is 0 Å². The third kappa shape index (κ3) is 15.2. The second-order valence-corrected chi connectivity index (χ2v) is 14.3. The molecule has 10 heteroatoms. The first-order valence-electron chi connectivity index (χ1n) is 20.7. The molecule has 0 aliphatic carbocycles. The molecule has 0 atom stereocenters.